The Kier molecular flexibility index (Phi) is 4.89. The number of nitrogens with zero attached hydrogens (tertiary/aromatic N) is 1. The Bertz CT molecular complexity index is 372. The van der Waals surface area contributed by atoms with Gasteiger partial charge in [-0.25, -0.2) is 0 Å². The maximum absolute atomic E-state index is 12.0. The minimum absolute atomic E-state index is 0.188. The Balaban J connectivity index is 1.93. The van der Waals surface area contributed by atoms with Crippen LogP contribution < -0.4 is 0 Å². The first kappa shape index (κ1) is 12.9. The predicted octanol–water partition coefficient (Wildman–Crippen LogP) is 2.96. The number of hydrogen-bond donors (Lipinski definition) is 0. The monoisotopic (exact) mass is 269 g/mol. The summed E-state index contributed by atoms with van der Waals surface area (Å²) in [6.45, 7) is 2.58. The van der Waals surface area contributed by atoms with Gasteiger partial charge in [0, 0.05) is 22.9 Å². The zero-order chi connectivity index (χ0) is 12.1. The van der Waals surface area contributed by atoms with Gasteiger partial charge in [-0.15, -0.1) is 0 Å². The standard InChI is InChI=1S/C13H16ClNOS/c14-12-4-2-11(3-5-12)13(16)10-15-6-1-8-17-9-7-15/h2-5H,1,6-10H2. The molecule has 0 bridgehead atoms. The van der Waals surface area contributed by atoms with Gasteiger partial charge in [-0.2, -0.15) is 11.8 Å². The van der Waals surface area contributed by atoms with Crippen molar-refractivity contribution in [3.63, 3.8) is 0 Å². The molecule has 0 atom stereocenters. The van der Waals surface area contributed by atoms with E-state index in [1.807, 2.05) is 11.8 Å². The number of hydrogen-bond acceptors (Lipinski definition) is 3. The molecule has 1 aliphatic rings. The average Bonchev–Trinajstić information content (AvgIpc) is 2.58. The molecule has 2 rings (SSSR count). The third kappa shape index (κ3) is 4.02. The molecule has 2 nitrogen and oxygen atoms in total. The van der Waals surface area contributed by atoms with Crippen molar-refractivity contribution in [1.82, 2.24) is 4.90 Å². The molecule has 0 radical (unpaired) electrons. The smallest absolute Gasteiger partial charge is 0.176 e. The average molecular weight is 270 g/mol. The number of ketones is 1. The van der Waals surface area contributed by atoms with Crippen molar-refractivity contribution in [1.29, 1.82) is 0 Å². The van der Waals surface area contributed by atoms with E-state index in [4.69, 9.17) is 11.6 Å². The summed E-state index contributed by atoms with van der Waals surface area (Å²) in [5, 5.41) is 0.674. The van der Waals surface area contributed by atoms with Crippen LogP contribution in [0.1, 0.15) is 16.8 Å². The highest BCUT2D eigenvalue weighted by molar-refractivity contribution is 7.99. The second-order valence-electron chi connectivity index (χ2n) is 4.17. The fourth-order valence-electron chi connectivity index (χ4n) is 1.89. The first-order chi connectivity index (χ1) is 8.25. The van der Waals surface area contributed by atoms with Gasteiger partial charge >= 0.3 is 0 Å². The molecule has 0 saturated carbocycles. The molecule has 17 heavy (non-hydrogen) atoms. The molecule has 0 N–H and O–H groups in total. The fourth-order valence-corrected chi connectivity index (χ4v) is 2.94. The Labute approximate surface area is 111 Å². The largest absolute Gasteiger partial charge is 0.295 e. The molecule has 0 aromatic heterocycles. The Morgan fingerprint density at radius 1 is 1.24 bits per heavy atom. The van der Waals surface area contributed by atoms with Crippen LogP contribution in [0.3, 0.4) is 0 Å². The summed E-state index contributed by atoms with van der Waals surface area (Å²) < 4.78 is 0. The summed E-state index contributed by atoms with van der Waals surface area (Å²) in [4.78, 5) is 14.3. The Morgan fingerprint density at radius 3 is 2.76 bits per heavy atom. The number of carbonyl (C=O) groups excluding carboxylic acids is 1. The number of benzene rings is 1. The summed E-state index contributed by atoms with van der Waals surface area (Å²) in [6, 6.07) is 7.15. The minimum Gasteiger partial charge on any atom is -0.295 e. The Hall–Kier alpha value is -0.510. The maximum Gasteiger partial charge on any atom is 0.176 e. The molecule has 0 spiro atoms. The lowest BCUT2D eigenvalue weighted by molar-refractivity contribution is 0.0936. The number of thioether (sulfide) groups is 1. The predicted molar refractivity (Wildman–Crippen MR) is 74.2 cm³/mol. The van der Waals surface area contributed by atoms with E-state index in [0.29, 0.717) is 11.6 Å². The van der Waals surface area contributed by atoms with Gasteiger partial charge in [0.05, 0.1) is 6.54 Å². The highest BCUT2D eigenvalue weighted by Gasteiger charge is 2.14. The van der Waals surface area contributed by atoms with Crippen molar-refractivity contribution >= 4 is 29.1 Å². The van der Waals surface area contributed by atoms with Gasteiger partial charge in [0.2, 0.25) is 0 Å². The van der Waals surface area contributed by atoms with E-state index in [0.717, 1.165) is 24.4 Å². The van der Waals surface area contributed by atoms with Crippen LogP contribution in [0.2, 0.25) is 5.02 Å². The van der Waals surface area contributed by atoms with Crippen molar-refractivity contribution in [2.24, 2.45) is 0 Å². The van der Waals surface area contributed by atoms with Crippen molar-refractivity contribution in [2.75, 3.05) is 31.1 Å². The molecule has 1 heterocycles. The van der Waals surface area contributed by atoms with Crippen molar-refractivity contribution in [2.45, 2.75) is 6.42 Å². The summed E-state index contributed by atoms with van der Waals surface area (Å²) >= 11 is 7.78. The second kappa shape index (κ2) is 6.43. The summed E-state index contributed by atoms with van der Waals surface area (Å²) in [6.07, 6.45) is 1.18. The van der Waals surface area contributed by atoms with Crippen LogP contribution in [-0.2, 0) is 0 Å². The van der Waals surface area contributed by atoms with E-state index in [1.165, 1.54) is 12.2 Å². The lowest BCUT2D eigenvalue weighted by Crippen LogP contribution is -2.31. The van der Waals surface area contributed by atoms with E-state index in [2.05, 4.69) is 4.90 Å². The van der Waals surface area contributed by atoms with Crippen LogP contribution in [-0.4, -0.2) is 41.8 Å². The van der Waals surface area contributed by atoms with Gasteiger partial charge in [0.25, 0.3) is 0 Å². The molecule has 1 saturated heterocycles. The van der Waals surface area contributed by atoms with Crippen LogP contribution >= 0.6 is 23.4 Å². The normalized spacial score (nSPS) is 17.7. The minimum atomic E-state index is 0.188. The Morgan fingerprint density at radius 2 is 2.00 bits per heavy atom. The molecule has 0 unspecified atom stereocenters. The molecular weight excluding hydrogens is 254 g/mol. The first-order valence-electron chi connectivity index (χ1n) is 5.84. The van der Waals surface area contributed by atoms with E-state index in [-0.39, 0.29) is 5.78 Å². The number of halogens is 1. The zero-order valence-corrected chi connectivity index (χ0v) is 11.3. The van der Waals surface area contributed by atoms with Crippen molar-refractivity contribution < 1.29 is 4.79 Å². The quantitative estimate of drug-likeness (QED) is 0.787. The number of rotatable bonds is 3. The van der Waals surface area contributed by atoms with Gasteiger partial charge in [-0.1, -0.05) is 11.6 Å². The lowest BCUT2D eigenvalue weighted by Gasteiger charge is -2.18. The molecule has 0 amide bonds. The fraction of sp³-hybridized carbons (Fsp3) is 0.462. The topological polar surface area (TPSA) is 20.3 Å². The molecule has 1 aromatic carbocycles. The van der Waals surface area contributed by atoms with Crippen LogP contribution in [0.4, 0.5) is 0 Å². The SMILES string of the molecule is O=C(CN1CCCSCC1)c1ccc(Cl)cc1. The van der Waals surface area contributed by atoms with Crippen molar-refractivity contribution in [3.8, 4) is 0 Å². The zero-order valence-electron chi connectivity index (χ0n) is 9.69. The molecule has 1 aromatic rings. The van der Waals surface area contributed by atoms with Gasteiger partial charge in [0.15, 0.2) is 5.78 Å². The molecule has 1 fully saturated rings. The van der Waals surface area contributed by atoms with E-state index in [1.54, 1.807) is 24.3 Å². The highest BCUT2D eigenvalue weighted by Crippen LogP contribution is 2.13. The summed E-state index contributed by atoms with van der Waals surface area (Å²) in [5.74, 6) is 2.54. The van der Waals surface area contributed by atoms with Crippen LogP contribution in [0.15, 0.2) is 24.3 Å². The van der Waals surface area contributed by atoms with Gasteiger partial charge < -0.3 is 0 Å². The first-order valence-corrected chi connectivity index (χ1v) is 7.38. The lowest BCUT2D eigenvalue weighted by atomic mass is 10.1. The highest BCUT2D eigenvalue weighted by atomic mass is 35.5. The van der Waals surface area contributed by atoms with Gasteiger partial charge in [-0.3, -0.25) is 9.69 Å². The number of Topliss-reactive ketones (excluding diaryl/α,β-unsaturated/α-hetero) is 1. The molecule has 4 heteroatoms. The summed E-state index contributed by atoms with van der Waals surface area (Å²) in [7, 11) is 0. The summed E-state index contributed by atoms with van der Waals surface area (Å²) in [5.41, 5.74) is 0.756. The van der Waals surface area contributed by atoms with Gasteiger partial charge in [-0.05, 0) is 43.0 Å². The van der Waals surface area contributed by atoms with Crippen LogP contribution in [0.5, 0.6) is 0 Å². The molecule has 92 valence electrons. The van der Waals surface area contributed by atoms with E-state index >= 15 is 0 Å². The number of carbonyl (C=O) groups is 1. The molecule has 0 aliphatic carbocycles. The second-order valence-corrected chi connectivity index (χ2v) is 5.83. The maximum atomic E-state index is 12.0. The van der Waals surface area contributed by atoms with Crippen molar-refractivity contribution in [3.05, 3.63) is 34.9 Å². The molecular formula is C13H16ClNOS. The van der Waals surface area contributed by atoms with E-state index in [9.17, 15) is 4.79 Å². The van der Waals surface area contributed by atoms with E-state index < -0.39 is 0 Å². The third-order valence-electron chi connectivity index (χ3n) is 2.85. The third-order valence-corrected chi connectivity index (χ3v) is 4.15. The van der Waals surface area contributed by atoms with Gasteiger partial charge in [0.1, 0.15) is 0 Å². The van der Waals surface area contributed by atoms with Crippen LogP contribution in [0.25, 0.3) is 0 Å². The van der Waals surface area contributed by atoms with Crippen LogP contribution in [0, 0.1) is 0 Å². The molecule has 1 aliphatic heterocycles.